The van der Waals surface area contributed by atoms with Crippen LogP contribution in [0.25, 0.3) is 0 Å². The van der Waals surface area contributed by atoms with Crippen LogP contribution in [-0.2, 0) is 6.54 Å². The molecule has 82 valence electrons. The Morgan fingerprint density at radius 3 is 2.60 bits per heavy atom. The summed E-state index contributed by atoms with van der Waals surface area (Å²) in [5.74, 6) is -2.53. The van der Waals surface area contributed by atoms with Gasteiger partial charge in [0.2, 0.25) is 0 Å². The van der Waals surface area contributed by atoms with E-state index in [0.717, 1.165) is 6.07 Å². The minimum atomic E-state index is -3.05. The van der Waals surface area contributed by atoms with Gasteiger partial charge in [0.05, 0.1) is 5.69 Å². The monoisotopic (exact) mass is 218 g/mol. The molecule has 0 aliphatic heterocycles. The quantitative estimate of drug-likeness (QED) is 0.699. The third kappa shape index (κ3) is 2.18. The number of aromatic carboxylic acids is 1. The lowest BCUT2D eigenvalue weighted by Crippen LogP contribution is -2.08. The minimum Gasteiger partial charge on any atom is -0.505 e. The van der Waals surface area contributed by atoms with Crippen molar-refractivity contribution in [2.45, 2.75) is 13.0 Å². The predicted molar refractivity (Wildman–Crippen MR) is 45.7 cm³/mol. The number of alkyl halides is 2. The summed E-state index contributed by atoms with van der Waals surface area (Å²) in [6.45, 7) is -0.180. The Bertz CT molecular complexity index is 396. The van der Waals surface area contributed by atoms with Crippen LogP contribution in [0.5, 0.6) is 5.75 Å². The molecule has 0 aromatic carbocycles. The van der Waals surface area contributed by atoms with Crippen molar-refractivity contribution in [1.29, 1.82) is 0 Å². The minimum absolute atomic E-state index is 0.0134. The molecule has 4 N–H and O–H groups in total. The van der Waals surface area contributed by atoms with E-state index in [9.17, 15) is 18.7 Å². The second kappa shape index (κ2) is 4.18. The van der Waals surface area contributed by atoms with E-state index >= 15 is 0 Å². The normalized spacial score (nSPS) is 10.7. The Balaban J connectivity index is 3.40. The van der Waals surface area contributed by atoms with E-state index in [4.69, 9.17) is 10.8 Å². The van der Waals surface area contributed by atoms with Crippen LogP contribution in [0.2, 0.25) is 0 Å². The van der Waals surface area contributed by atoms with Crippen LogP contribution >= 0.6 is 0 Å². The number of carboxylic acid groups (broad SMARTS) is 1. The third-order valence-electron chi connectivity index (χ3n) is 1.72. The molecule has 0 atom stereocenters. The fraction of sp³-hybridized carbons (Fsp3) is 0.250. The van der Waals surface area contributed by atoms with Gasteiger partial charge in [0, 0.05) is 6.54 Å². The zero-order valence-corrected chi connectivity index (χ0v) is 7.44. The second-order valence-corrected chi connectivity index (χ2v) is 2.70. The molecule has 1 rings (SSSR count). The van der Waals surface area contributed by atoms with Crippen LogP contribution in [-0.4, -0.2) is 21.2 Å². The van der Waals surface area contributed by atoms with Crippen molar-refractivity contribution in [3.05, 3.63) is 23.0 Å². The Kier molecular flexibility index (Phi) is 3.15. The van der Waals surface area contributed by atoms with E-state index in [-0.39, 0.29) is 12.2 Å². The van der Waals surface area contributed by atoms with Gasteiger partial charge in [-0.15, -0.1) is 0 Å². The number of pyridine rings is 1. The van der Waals surface area contributed by atoms with E-state index < -0.39 is 29.4 Å². The summed E-state index contributed by atoms with van der Waals surface area (Å²) < 4.78 is 24.7. The highest BCUT2D eigenvalue weighted by molar-refractivity contribution is 5.91. The number of aromatic nitrogens is 1. The highest BCUT2D eigenvalue weighted by Crippen LogP contribution is 2.29. The van der Waals surface area contributed by atoms with Gasteiger partial charge in [-0.2, -0.15) is 0 Å². The first-order valence-electron chi connectivity index (χ1n) is 3.91. The zero-order valence-electron chi connectivity index (χ0n) is 7.44. The van der Waals surface area contributed by atoms with Crippen molar-refractivity contribution in [2.75, 3.05) is 0 Å². The van der Waals surface area contributed by atoms with Crippen molar-refractivity contribution in [2.24, 2.45) is 5.73 Å². The maximum absolute atomic E-state index is 12.3. The van der Waals surface area contributed by atoms with Crippen LogP contribution in [0.15, 0.2) is 6.07 Å². The SMILES string of the molecule is NCc1cc(C(=O)O)c(O)c(C(F)F)n1. The van der Waals surface area contributed by atoms with Crippen molar-refractivity contribution in [3.8, 4) is 5.75 Å². The standard InChI is InChI=1S/C8H8F2N2O3/c9-7(10)5-6(13)4(8(14)15)1-3(2-11)12-5/h1,7,13H,2,11H2,(H,14,15). The molecule has 0 aliphatic rings. The lowest BCUT2D eigenvalue weighted by molar-refractivity contribution is 0.0692. The van der Waals surface area contributed by atoms with E-state index in [1.807, 2.05) is 0 Å². The van der Waals surface area contributed by atoms with Crippen molar-refractivity contribution in [1.82, 2.24) is 4.98 Å². The van der Waals surface area contributed by atoms with Gasteiger partial charge in [0.25, 0.3) is 6.43 Å². The molecule has 0 unspecified atom stereocenters. The van der Waals surface area contributed by atoms with E-state index in [0.29, 0.717) is 0 Å². The molecule has 0 spiro atoms. The van der Waals surface area contributed by atoms with Crippen molar-refractivity contribution < 1.29 is 23.8 Å². The molecule has 0 fully saturated rings. The lowest BCUT2D eigenvalue weighted by Gasteiger charge is -2.07. The van der Waals surface area contributed by atoms with Crippen molar-refractivity contribution in [3.63, 3.8) is 0 Å². The summed E-state index contributed by atoms with van der Waals surface area (Å²) in [4.78, 5) is 13.9. The number of hydrogen-bond acceptors (Lipinski definition) is 4. The molecule has 1 aromatic heterocycles. The van der Waals surface area contributed by atoms with E-state index in [1.54, 1.807) is 0 Å². The van der Waals surface area contributed by atoms with Gasteiger partial charge in [-0.1, -0.05) is 0 Å². The first-order chi connectivity index (χ1) is 6.97. The van der Waals surface area contributed by atoms with Gasteiger partial charge >= 0.3 is 5.97 Å². The summed E-state index contributed by atoms with van der Waals surface area (Å²) in [6, 6.07) is 0.962. The third-order valence-corrected chi connectivity index (χ3v) is 1.72. The Labute approximate surface area is 83.2 Å². The summed E-state index contributed by atoms with van der Waals surface area (Å²) in [5, 5.41) is 17.8. The topological polar surface area (TPSA) is 96.4 Å². The van der Waals surface area contributed by atoms with Gasteiger partial charge in [0.15, 0.2) is 5.75 Å². The molecule has 0 saturated carbocycles. The Hall–Kier alpha value is -1.76. The predicted octanol–water partition coefficient (Wildman–Crippen LogP) is 0.882. The van der Waals surface area contributed by atoms with Gasteiger partial charge in [-0.3, -0.25) is 0 Å². The molecule has 0 amide bonds. The number of carbonyl (C=O) groups is 1. The molecule has 0 bridgehead atoms. The molecule has 0 saturated heterocycles. The average molecular weight is 218 g/mol. The van der Waals surface area contributed by atoms with Crippen molar-refractivity contribution >= 4 is 5.97 Å². The summed E-state index contributed by atoms with van der Waals surface area (Å²) in [7, 11) is 0. The highest BCUT2D eigenvalue weighted by atomic mass is 19.3. The molecule has 7 heteroatoms. The number of nitrogens with zero attached hydrogens (tertiary/aromatic N) is 1. The van der Waals surface area contributed by atoms with Gasteiger partial charge < -0.3 is 15.9 Å². The lowest BCUT2D eigenvalue weighted by atomic mass is 10.1. The van der Waals surface area contributed by atoms with Gasteiger partial charge in [-0.25, -0.2) is 18.6 Å². The van der Waals surface area contributed by atoms with Crippen LogP contribution < -0.4 is 5.73 Å². The molecule has 0 radical (unpaired) electrons. The summed E-state index contributed by atoms with van der Waals surface area (Å²) in [6.07, 6.45) is -3.05. The van der Waals surface area contributed by atoms with Crippen LogP contribution in [0.4, 0.5) is 8.78 Å². The first kappa shape index (κ1) is 11.3. The molecular weight excluding hydrogens is 210 g/mol. The maximum atomic E-state index is 12.3. The number of carboxylic acids is 1. The maximum Gasteiger partial charge on any atom is 0.339 e. The summed E-state index contributed by atoms with van der Waals surface area (Å²) in [5.41, 5.74) is 3.56. The molecule has 1 heterocycles. The van der Waals surface area contributed by atoms with E-state index in [2.05, 4.69) is 4.98 Å². The van der Waals surface area contributed by atoms with Crippen LogP contribution in [0, 0.1) is 0 Å². The fourth-order valence-corrected chi connectivity index (χ4v) is 1.03. The molecule has 15 heavy (non-hydrogen) atoms. The average Bonchev–Trinajstić information content (AvgIpc) is 2.17. The smallest absolute Gasteiger partial charge is 0.339 e. The van der Waals surface area contributed by atoms with Gasteiger partial charge in [-0.05, 0) is 6.07 Å². The zero-order chi connectivity index (χ0) is 11.6. The second-order valence-electron chi connectivity index (χ2n) is 2.70. The molecular formula is C8H8F2N2O3. The molecule has 0 aliphatic carbocycles. The van der Waals surface area contributed by atoms with Crippen LogP contribution in [0.1, 0.15) is 28.2 Å². The largest absolute Gasteiger partial charge is 0.505 e. The highest BCUT2D eigenvalue weighted by Gasteiger charge is 2.22. The fourth-order valence-electron chi connectivity index (χ4n) is 1.03. The molecule has 1 aromatic rings. The summed E-state index contributed by atoms with van der Waals surface area (Å²) >= 11 is 0. The number of aromatic hydroxyl groups is 1. The van der Waals surface area contributed by atoms with E-state index in [1.165, 1.54) is 0 Å². The number of rotatable bonds is 3. The first-order valence-corrected chi connectivity index (χ1v) is 3.91. The Morgan fingerprint density at radius 1 is 1.60 bits per heavy atom. The van der Waals surface area contributed by atoms with Crippen LogP contribution in [0.3, 0.4) is 0 Å². The van der Waals surface area contributed by atoms with Gasteiger partial charge in [0.1, 0.15) is 11.3 Å². The number of nitrogens with two attached hydrogens (primary N) is 1. The number of halogens is 2. The number of hydrogen-bond donors (Lipinski definition) is 3. The Morgan fingerprint density at radius 2 is 2.20 bits per heavy atom. The molecule has 5 nitrogen and oxygen atoms in total.